The lowest BCUT2D eigenvalue weighted by Gasteiger charge is -2.20. The number of carbonyl (C=O) groups excluding carboxylic acids is 2. The minimum atomic E-state index is 0.0984. The molecule has 0 atom stereocenters. The van der Waals surface area contributed by atoms with Gasteiger partial charge in [-0.25, -0.2) is 0 Å². The summed E-state index contributed by atoms with van der Waals surface area (Å²) in [5.41, 5.74) is 3.77. The molecule has 4 heteroatoms. The summed E-state index contributed by atoms with van der Waals surface area (Å²) in [5.74, 6) is 0.716. The Labute approximate surface area is 188 Å². The Balaban J connectivity index is 1.33. The lowest BCUT2D eigenvalue weighted by molar-refractivity contribution is -0.120. The maximum absolute atomic E-state index is 12.6. The number of nitrogens with one attached hydrogen (secondary N) is 1. The van der Waals surface area contributed by atoms with E-state index in [1.165, 1.54) is 18.2 Å². The number of amides is 1. The summed E-state index contributed by atoms with van der Waals surface area (Å²) < 4.78 is 0. The van der Waals surface area contributed by atoms with E-state index < -0.39 is 0 Å². The predicted octanol–water partition coefficient (Wildman–Crippen LogP) is 6.85. The molecule has 3 aromatic carbocycles. The number of thioether (sulfide) groups is 1. The maximum atomic E-state index is 12.6. The van der Waals surface area contributed by atoms with Crippen LogP contribution in [-0.2, 0) is 4.79 Å². The maximum Gasteiger partial charge on any atom is 0.227 e. The lowest BCUT2D eigenvalue weighted by Crippen LogP contribution is -2.24. The molecular formula is C27H27NO2S. The third-order valence-corrected chi connectivity index (χ3v) is 6.76. The van der Waals surface area contributed by atoms with Crippen LogP contribution < -0.4 is 5.32 Å². The molecule has 1 saturated carbocycles. The molecule has 3 aromatic rings. The number of rotatable bonds is 7. The minimum Gasteiger partial charge on any atom is -0.326 e. The molecule has 0 aromatic heterocycles. The Morgan fingerprint density at radius 2 is 1.52 bits per heavy atom. The van der Waals surface area contributed by atoms with Crippen molar-refractivity contribution in [2.24, 2.45) is 5.92 Å². The summed E-state index contributed by atoms with van der Waals surface area (Å²) >= 11 is 1.50. The van der Waals surface area contributed by atoms with Gasteiger partial charge in [-0.2, -0.15) is 0 Å². The molecule has 3 nitrogen and oxygen atoms in total. The van der Waals surface area contributed by atoms with Crippen LogP contribution in [0.25, 0.3) is 11.1 Å². The van der Waals surface area contributed by atoms with Crippen LogP contribution in [-0.4, -0.2) is 17.4 Å². The molecular weight excluding hydrogens is 402 g/mol. The Bertz CT molecular complexity index is 1020. The number of hydrogen-bond acceptors (Lipinski definition) is 3. The SMILES string of the molecule is O=C(CSc1cccc(NC(=O)C2CCCCC2)c1)c1ccc(-c2ccccc2)cc1. The van der Waals surface area contributed by atoms with Gasteiger partial charge in [-0.15, -0.1) is 11.8 Å². The number of hydrogen-bond donors (Lipinski definition) is 1. The summed E-state index contributed by atoms with van der Waals surface area (Å²) in [6.45, 7) is 0. The van der Waals surface area contributed by atoms with Gasteiger partial charge in [0.2, 0.25) is 5.91 Å². The van der Waals surface area contributed by atoms with E-state index in [-0.39, 0.29) is 17.6 Å². The van der Waals surface area contributed by atoms with Crippen LogP contribution in [0.2, 0.25) is 0 Å². The fraction of sp³-hybridized carbons (Fsp3) is 0.259. The van der Waals surface area contributed by atoms with Gasteiger partial charge in [0.25, 0.3) is 0 Å². The highest BCUT2D eigenvalue weighted by molar-refractivity contribution is 8.00. The molecule has 1 aliphatic carbocycles. The second kappa shape index (κ2) is 10.5. The van der Waals surface area contributed by atoms with Gasteiger partial charge >= 0.3 is 0 Å². The van der Waals surface area contributed by atoms with Gasteiger partial charge in [0.15, 0.2) is 5.78 Å². The summed E-state index contributed by atoms with van der Waals surface area (Å²) in [5, 5.41) is 3.06. The number of Topliss-reactive ketones (excluding diaryl/α,β-unsaturated/α-hetero) is 1. The molecule has 1 N–H and O–H groups in total. The monoisotopic (exact) mass is 429 g/mol. The van der Waals surface area contributed by atoms with Gasteiger partial charge in [-0.1, -0.05) is 79.9 Å². The smallest absolute Gasteiger partial charge is 0.227 e. The molecule has 1 amide bonds. The van der Waals surface area contributed by atoms with E-state index in [2.05, 4.69) is 17.4 Å². The average molecular weight is 430 g/mol. The molecule has 0 spiro atoms. The zero-order valence-corrected chi connectivity index (χ0v) is 18.4. The predicted molar refractivity (Wildman–Crippen MR) is 129 cm³/mol. The Morgan fingerprint density at radius 3 is 2.26 bits per heavy atom. The van der Waals surface area contributed by atoms with Crippen molar-refractivity contribution in [2.45, 2.75) is 37.0 Å². The summed E-state index contributed by atoms with van der Waals surface area (Å²) in [4.78, 5) is 26.1. The second-order valence-electron chi connectivity index (χ2n) is 8.01. The highest BCUT2D eigenvalue weighted by Gasteiger charge is 2.21. The molecule has 158 valence electrons. The zero-order valence-electron chi connectivity index (χ0n) is 17.6. The largest absolute Gasteiger partial charge is 0.326 e. The lowest BCUT2D eigenvalue weighted by atomic mass is 9.88. The van der Waals surface area contributed by atoms with E-state index in [4.69, 9.17) is 0 Å². The third kappa shape index (κ3) is 5.86. The van der Waals surface area contributed by atoms with Crippen molar-refractivity contribution >= 4 is 29.1 Å². The molecule has 0 unspecified atom stereocenters. The van der Waals surface area contributed by atoms with Crippen LogP contribution in [0, 0.1) is 5.92 Å². The first kappa shape index (κ1) is 21.4. The van der Waals surface area contributed by atoms with Gasteiger partial charge in [-0.05, 0) is 42.2 Å². The Kier molecular flexibility index (Phi) is 7.21. The number of benzene rings is 3. The van der Waals surface area contributed by atoms with Crippen molar-refractivity contribution in [2.75, 3.05) is 11.1 Å². The van der Waals surface area contributed by atoms with Crippen molar-refractivity contribution in [1.29, 1.82) is 0 Å². The van der Waals surface area contributed by atoms with Crippen LogP contribution in [0.15, 0.2) is 83.8 Å². The molecule has 0 heterocycles. The van der Waals surface area contributed by atoms with Crippen LogP contribution in [0.1, 0.15) is 42.5 Å². The van der Waals surface area contributed by atoms with Crippen LogP contribution in [0.4, 0.5) is 5.69 Å². The standard InChI is InChI=1S/C27H27NO2S/c29-26(22-16-14-21(15-17-22)20-8-3-1-4-9-20)19-31-25-13-7-12-24(18-25)28-27(30)23-10-5-2-6-11-23/h1,3-4,7-9,12-18,23H,2,5-6,10-11,19H2,(H,28,30). The van der Waals surface area contributed by atoms with E-state index in [1.54, 1.807) is 0 Å². The van der Waals surface area contributed by atoms with E-state index in [0.29, 0.717) is 11.3 Å². The number of ketones is 1. The fourth-order valence-corrected chi connectivity index (χ4v) is 4.83. The van der Waals surface area contributed by atoms with Crippen LogP contribution in [0.3, 0.4) is 0 Å². The molecule has 1 fully saturated rings. The highest BCUT2D eigenvalue weighted by atomic mass is 32.2. The van der Waals surface area contributed by atoms with Gasteiger partial charge in [0.1, 0.15) is 0 Å². The summed E-state index contributed by atoms with van der Waals surface area (Å²) in [6.07, 6.45) is 5.49. The highest BCUT2D eigenvalue weighted by Crippen LogP contribution is 2.27. The summed E-state index contributed by atoms with van der Waals surface area (Å²) in [7, 11) is 0. The Hall–Kier alpha value is -2.85. The van der Waals surface area contributed by atoms with Crippen molar-refractivity contribution in [1.82, 2.24) is 0 Å². The van der Waals surface area contributed by atoms with E-state index in [1.807, 2.05) is 66.7 Å². The molecule has 0 aliphatic heterocycles. The first-order valence-electron chi connectivity index (χ1n) is 10.9. The van der Waals surface area contributed by atoms with E-state index in [0.717, 1.165) is 47.4 Å². The molecule has 0 saturated heterocycles. The van der Waals surface area contributed by atoms with E-state index >= 15 is 0 Å². The van der Waals surface area contributed by atoms with Gasteiger partial charge in [-0.3, -0.25) is 9.59 Å². The van der Waals surface area contributed by atoms with Crippen molar-refractivity contribution in [3.63, 3.8) is 0 Å². The first-order valence-corrected chi connectivity index (χ1v) is 11.9. The van der Waals surface area contributed by atoms with E-state index in [9.17, 15) is 9.59 Å². The third-order valence-electron chi connectivity index (χ3n) is 5.76. The zero-order chi connectivity index (χ0) is 21.5. The second-order valence-corrected chi connectivity index (χ2v) is 9.06. The summed E-state index contributed by atoms with van der Waals surface area (Å²) in [6, 6.07) is 25.7. The van der Waals surface area contributed by atoms with Crippen molar-refractivity contribution < 1.29 is 9.59 Å². The topological polar surface area (TPSA) is 46.2 Å². The van der Waals surface area contributed by atoms with Gasteiger partial charge in [0.05, 0.1) is 5.75 Å². The van der Waals surface area contributed by atoms with Crippen molar-refractivity contribution in [3.8, 4) is 11.1 Å². The minimum absolute atomic E-state index is 0.0984. The molecule has 1 aliphatic rings. The average Bonchev–Trinajstić information content (AvgIpc) is 2.84. The number of anilines is 1. The van der Waals surface area contributed by atoms with Gasteiger partial charge < -0.3 is 5.32 Å². The Morgan fingerprint density at radius 1 is 0.806 bits per heavy atom. The molecule has 0 bridgehead atoms. The van der Waals surface area contributed by atoms with Gasteiger partial charge in [0, 0.05) is 22.1 Å². The number of carbonyl (C=O) groups is 2. The molecule has 0 radical (unpaired) electrons. The van der Waals surface area contributed by atoms with Crippen LogP contribution in [0.5, 0.6) is 0 Å². The molecule has 31 heavy (non-hydrogen) atoms. The fourth-order valence-electron chi connectivity index (χ4n) is 3.98. The quantitative estimate of drug-likeness (QED) is 0.330. The molecule has 4 rings (SSSR count). The normalized spacial score (nSPS) is 14.2. The van der Waals surface area contributed by atoms with Crippen molar-refractivity contribution in [3.05, 3.63) is 84.4 Å². The first-order chi connectivity index (χ1) is 15.2. The van der Waals surface area contributed by atoms with Crippen LogP contribution >= 0.6 is 11.8 Å².